The second-order valence-electron chi connectivity index (χ2n) is 8.75. The molecule has 10 heteroatoms. The van der Waals surface area contributed by atoms with Crippen LogP contribution in [0.15, 0.2) is 78.9 Å². The Balaban J connectivity index is 1.28. The molecular formula is C28H25F2N5O3. The highest BCUT2D eigenvalue weighted by atomic mass is 19.1. The normalized spacial score (nSPS) is 12.5. The molecular weight excluding hydrogens is 492 g/mol. The first kappa shape index (κ1) is 24.9. The van der Waals surface area contributed by atoms with Gasteiger partial charge in [0.15, 0.2) is 0 Å². The number of nitrogens with zero attached hydrogens (tertiary/aromatic N) is 3. The molecule has 0 saturated carbocycles. The monoisotopic (exact) mass is 517 g/mol. The zero-order valence-corrected chi connectivity index (χ0v) is 20.4. The SMILES string of the molecule is O=C(NCC(=O)N1CCn2c(nc(-c3ccc(F)cc3)c2Nc2ccc(F)cc2)C1)OCc1ccccc1. The van der Waals surface area contributed by atoms with Crippen LogP contribution in [0, 0.1) is 11.6 Å². The summed E-state index contributed by atoms with van der Waals surface area (Å²) in [5, 5.41) is 5.80. The molecule has 0 bridgehead atoms. The van der Waals surface area contributed by atoms with Gasteiger partial charge >= 0.3 is 6.09 Å². The van der Waals surface area contributed by atoms with E-state index in [1.165, 1.54) is 24.3 Å². The third kappa shape index (κ3) is 5.80. The molecule has 0 spiro atoms. The number of anilines is 2. The van der Waals surface area contributed by atoms with E-state index in [-0.39, 0.29) is 37.2 Å². The van der Waals surface area contributed by atoms with E-state index in [9.17, 15) is 18.4 Å². The average molecular weight is 518 g/mol. The highest BCUT2D eigenvalue weighted by molar-refractivity contribution is 5.82. The zero-order valence-electron chi connectivity index (χ0n) is 20.4. The zero-order chi connectivity index (χ0) is 26.5. The smallest absolute Gasteiger partial charge is 0.407 e. The van der Waals surface area contributed by atoms with Gasteiger partial charge in [0, 0.05) is 24.3 Å². The molecule has 194 valence electrons. The number of halogens is 2. The summed E-state index contributed by atoms with van der Waals surface area (Å²) >= 11 is 0. The molecule has 0 fully saturated rings. The first-order valence-electron chi connectivity index (χ1n) is 12.1. The first-order valence-corrected chi connectivity index (χ1v) is 12.1. The van der Waals surface area contributed by atoms with Gasteiger partial charge in [-0.1, -0.05) is 30.3 Å². The molecule has 1 aliphatic heterocycles. The fourth-order valence-corrected chi connectivity index (χ4v) is 4.18. The van der Waals surface area contributed by atoms with E-state index < -0.39 is 6.09 Å². The van der Waals surface area contributed by atoms with Crippen LogP contribution in [-0.4, -0.2) is 39.5 Å². The van der Waals surface area contributed by atoms with E-state index in [1.54, 1.807) is 29.2 Å². The third-order valence-electron chi connectivity index (χ3n) is 6.15. The number of hydrogen-bond acceptors (Lipinski definition) is 5. The van der Waals surface area contributed by atoms with Crippen molar-refractivity contribution in [1.29, 1.82) is 0 Å². The summed E-state index contributed by atoms with van der Waals surface area (Å²) in [5.74, 6) is 0.300. The predicted octanol–water partition coefficient (Wildman–Crippen LogP) is 4.84. The van der Waals surface area contributed by atoms with Crippen molar-refractivity contribution in [2.24, 2.45) is 0 Å². The van der Waals surface area contributed by atoms with Gasteiger partial charge in [0.05, 0.1) is 6.54 Å². The van der Waals surface area contributed by atoms with Gasteiger partial charge in [0.1, 0.15) is 42.1 Å². The molecule has 3 aromatic carbocycles. The van der Waals surface area contributed by atoms with Gasteiger partial charge in [-0.05, 0) is 54.1 Å². The van der Waals surface area contributed by atoms with Gasteiger partial charge < -0.3 is 24.8 Å². The minimum Gasteiger partial charge on any atom is -0.445 e. The van der Waals surface area contributed by atoms with Gasteiger partial charge in [-0.15, -0.1) is 0 Å². The number of alkyl carbamates (subject to hydrolysis) is 1. The van der Waals surface area contributed by atoms with Crippen molar-refractivity contribution < 1.29 is 23.1 Å². The topological polar surface area (TPSA) is 88.5 Å². The van der Waals surface area contributed by atoms with E-state index in [4.69, 9.17) is 9.72 Å². The Kier molecular flexibility index (Phi) is 7.30. The van der Waals surface area contributed by atoms with Crippen LogP contribution in [0.3, 0.4) is 0 Å². The van der Waals surface area contributed by atoms with Crippen LogP contribution in [0.2, 0.25) is 0 Å². The Bertz CT molecular complexity index is 1420. The van der Waals surface area contributed by atoms with Crippen molar-refractivity contribution in [2.75, 3.05) is 18.4 Å². The van der Waals surface area contributed by atoms with Gasteiger partial charge in [-0.25, -0.2) is 18.6 Å². The molecule has 5 rings (SSSR count). The molecule has 2 N–H and O–H groups in total. The highest BCUT2D eigenvalue weighted by Crippen LogP contribution is 2.33. The molecule has 2 amide bonds. The molecule has 0 aliphatic carbocycles. The number of amides is 2. The van der Waals surface area contributed by atoms with Crippen molar-refractivity contribution in [1.82, 2.24) is 19.8 Å². The molecule has 4 aromatic rings. The highest BCUT2D eigenvalue weighted by Gasteiger charge is 2.27. The van der Waals surface area contributed by atoms with Crippen LogP contribution in [0.4, 0.5) is 25.1 Å². The summed E-state index contributed by atoms with van der Waals surface area (Å²) in [4.78, 5) is 31.2. The van der Waals surface area contributed by atoms with Gasteiger partial charge in [0.2, 0.25) is 5.91 Å². The maximum Gasteiger partial charge on any atom is 0.407 e. The van der Waals surface area contributed by atoms with Crippen LogP contribution in [0.25, 0.3) is 11.3 Å². The fourth-order valence-electron chi connectivity index (χ4n) is 4.18. The van der Waals surface area contributed by atoms with E-state index >= 15 is 0 Å². The number of ether oxygens (including phenoxy) is 1. The van der Waals surface area contributed by atoms with Crippen molar-refractivity contribution in [3.05, 3.63) is 102 Å². The first-order chi connectivity index (χ1) is 18.5. The summed E-state index contributed by atoms with van der Waals surface area (Å²) in [6.07, 6.45) is -0.676. The molecule has 8 nitrogen and oxygen atoms in total. The van der Waals surface area contributed by atoms with Gasteiger partial charge in [0.25, 0.3) is 0 Å². The predicted molar refractivity (Wildman–Crippen MR) is 137 cm³/mol. The molecule has 0 atom stereocenters. The molecule has 0 radical (unpaired) electrons. The maximum absolute atomic E-state index is 13.6. The van der Waals surface area contributed by atoms with Crippen LogP contribution in [-0.2, 0) is 29.2 Å². The molecule has 0 saturated heterocycles. The minimum absolute atomic E-state index is 0.109. The number of nitrogens with one attached hydrogen (secondary N) is 2. The second-order valence-corrected chi connectivity index (χ2v) is 8.75. The summed E-state index contributed by atoms with van der Waals surface area (Å²) in [7, 11) is 0. The summed E-state index contributed by atoms with van der Waals surface area (Å²) in [6.45, 7) is 0.956. The number of rotatable bonds is 7. The van der Waals surface area contributed by atoms with Gasteiger partial charge in [-0.3, -0.25) is 4.79 Å². The Morgan fingerprint density at radius 3 is 2.29 bits per heavy atom. The van der Waals surface area contributed by atoms with Crippen LogP contribution in [0.5, 0.6) is 0 Å². The van der Waals surface area contributed by atoms with Gasteiger partial charge in [-0.2, -0.15) is 0 Å². The Hall–Kier alpha value is -4.73. The van der Waals surface area contributed by atoms with Crippen molar-refractivity contribution >= 4 is 23.5 Å². The number of aromatic nitrogens is 2. The van der Waals surface area contributed by atoms with E-state index in [2.05, 4.69) is 10.6 Å². The van der Waals surface area contributed by atoms with Crippen molar-refractivity contribution in [2.45, 2.75) is 19.7 Å². The largest absolute Gasteiger partial charge is 0.445 e. The van der Waals surface area contributed by atoms with E-state index in [0.717, 1.165) is 5.56 Å². The third-order valence-corrected chi connectivity index (χ3v) is 6.15. The minimum atomic E-state index is -0.676. The number of fused-ring (bicyclic) bond motifs is 1. The average Bonchev–Trinajstić information content (AvgIpc) is 3.30. The Morgan fingerprint density at radius 2 is 1.58 bits per heavy atom. The number of carbonyl (C=O) groups excluding carboxylic acids is 2. The lowest BCUT2D eigenvalue weighted by Crippen LogP contribution is -2.44. The molecule has 1 aromatic heterocycles. The van der Waals surface area contributed by atoms with Crippen molar-refractivity contribution in [3.63, 3.8) is 0 Å². The quantitative estimate of drug-likeness (QED) is 0.366. The maximum atomic E-state index is 13.6. The fraction of sp³-hybridized carbons (Fsp3) is 0.179. The lowest BCUT2D eigenvalue weighted by molar-refractivity contribution is -0.131. The second kappa shape index (κ2) is 11.1. The van der Waals surface area contributed by atoms with E-state index in [1.807, 2.05) is 34.9 Å². The summed E-state index contributed by atoms with van der Waals surface area (Å²) in [6, 6.07) is 21.2. The Morgan fingerprint density at radius 1 is 0.895 bits per heavy atom. The van der Waals surface area contributed by atoms with Crippen LogP contribution >= 0.6 is 0 Å². The van der Waals surface area contributed by atoms with Crippen LogP contribution in [0.1, 0.15) is 11.4 Å². The van der Waals surface area contributed by atoms with E-state index in [0.29, 0.717) is 41.7 Å². The number of benzene rings is 3. The number of carbonyl (C=O) groups is 2. The lowest BCUT2D eigenvalue weighted by atomic mass is 10.1. The molecule has 0 unspecified atom stereocenters. The number of imidazole rings is 1. The molecule has 2 heterocycles. The van der Waals surface area contributed by atoms with Crippen LogP contribution < -0.4 is 10.6 Å². The summed E-state index contributed by atoms with van der Waals surface area (Å²) in [5.41, 5.74) is 2.79. The Labute approximate surface area is 217 Å². The van der Waals surface area contributed by atoms with Crippen molar-refractivity contribution in [3.8, 4) is 11.3 Å². The molecule has 38 heavy (non-hydrogen) atoms. The summed E-state index contributed by atoms with van der Waals surface area (Å²) < 4.78 is 34.1. The lowest BCUT2D eigenvalue weighted by Gasteiger charge is -2.28. The molecule has 1 aliphatic rings. The standard InChI is InChI=1S/C28H25F2N5O3/c29-21-8-6-20(7-9-21)26-27(32-23-12-10-22(30)11-13-23)35-15-14-34(17-24(35)33-26)25(36)16-31-28(37)38-18-19-4-2-1-3-5-19/h1-13,32H,14-18H2,(H,31,37). The number of hydrogen-bond donors (Lipinski definition) is 2.